The number of rotatable bonds is 13. The monoisotopic (exact) mass is 759 g/mol. The average Bonchev–Trinajstić information content (AvgIpc) is 3.77. The quantitative estimate of drug-likeness (QED) is 0.0405. The standard InChI is InChI=1S/C42H34FN3O6S2/c1-26-7-6-10-29(21-26)24-51-33-18-13-30(14-19-33)38(47)36-37(31-15-20-34(35(22-31)50-2)52-23-27-8-4-3-5-9-27)46(40(49)39(36)48)41-44-45-42(54-41)53-25-28-11-16-32(43)17-12-28/h3-22,37,47H,23-25H2,1-2H3/b38-36+. The molecule has 272 valence electrons. The van der Waals surface area contributed by atoms with Gasteiger partial charge in [-0.1, -0.05) is 101 Å². The van der Waals surface area contributed by atoms with E-state index in [0.29, 0.717) is 51.7 Å². The van der Waals surface area contributed by atoms with E-state index in [1.807, 2.05) is 61.5 Å². The molecule has 7 rings (SSSR count). The van der Waals surface area contributed by atoms with Gasteiger partial charge in [0.2, 0.25) is 5.13 Å². The summed E-state index contributed by atoms with van der Waals surface area (Å²) < 4.78 is 31.7. The highest BCUT2D eigenvalue weighted by Gasteiger charge is 2.48. The Balaban J connectivity index is 1.21. The number of anilines is 1. The number of halogens is 1. The second kappa shape index (κ2) is 16.4. The fraction of sp³-hybridized carbons (Fsp3) is 0.143. The minimum atomic E-state index is -1.08. The Labute approximate surface area is 319 Å². The molecule has 1 N–H and O–H groups in total. The van der Waals surface area contributed by atoms with Gasteiger partial charge in [0, 0.05) is 11.3 Å². The van der Waals surface area contributed by atoms with Crippen LogP contribution in [0.1, 0.15) is 39.4 Å². The van der Waals surface area contributed by atoms with Gasteiger partial charge in [0.05, 0.1) is 18.7 Å². The van der Waals surface area contributed by atoms with E-state index in [2.05, 4.69) is 10.2 Å². The molecule has 5 aromatic carbocycles. The Bertz CT molecular complexity index is 2310. The molecule has 9 nitrogen and oxygen atoms in total. The van der Waals surface area contributed by atoms with Crippen molar-refractivity contribution in [2.75, 3.05) is 12.0 Å². The van der Waals surface area contributed by atoms with Crippen molar-refractivity contribution in [3.8, 4) is 17.2 Å². The summed E-state index contributed by atoms with van der Waals surface area (Å²) >= 11 is 2.50. The first-order valence-electron chi connectivity index (χ1n) is 16.9. The number of hydrogen-bond acceptors (Lipinski definition) is 10. The Kier molecular flexibility index (Phi) is 11.0. The van der Waals surface area contributed by atoms with Gasteiger partial charge in [-0.25, -0.2) is 4.39 Å². The molecule has 2 heterocycles. The topological polar surface area (TPSA) is 111 Å². The van der Waals surface area contributed by atoms with Crippen molar-refractivity contribution in [1.82, 2.24) is 10.2 Å². The van der Waals surface area contributed by atoms with Crippen molar-refractivity contribution in [1.29, 1.82) is 0 Å². The first-order chi connectivity index (χ1) is 26.3. The number of aliphatic hydroxyl groups is 1. The predicted octanol–water partition coefficient (Wildman–Crippen LogP) is 9.07. The molecule has 12 heteroatoms. The summed E-state index contributed by atoms with van der Waals surface area (Å²) in [5, 5.41) is 20.5. The minimum Gasteiger partial charge on any atom is -0.507 e. The van der Waals surface area contributed by atoms with Crippen molar-refractivity contribution in [2.24, 2.45) is 0 Å². The van der Waals surface area contributed by atoms with Crippen molar-refractivity contribution in [3.63, 3.8) is 0 Å². The van der Waals surface area contributed by atoms with Gasteiger partial charge in [0.15, 0.2) is 15.8 Å². The van der Waals surface area contributed by atoms with Crippen LogP contribution in [0.3, 0.4) is 0 Å². The van der Waals surface area contributed by atoms with Crippen LogP contribution < -0.4 is 19.1 Å². The van der Waals surface area contributed by atoms with E-state index in [0.717, 1.165) is 33.6 Å². The largest absolute Gasteiger partial charge is 0.507 e. The highest BCUT2D eigenvalue weighted by molar-refractivity contribution is 8.00. The third-order valence-corrected chi connectivity index (χ3v) is 10.8. The molecule has 54 heavy (non-hydrogen) atoms. The fourth-order valence-electron chi connectivity index (χ4n) is 5.97. The number of hydrogen-bond donors (Lipinski definition) is 1. The summed E-state index contributed by atoms with van der Waals surface area (Å²) in [6.45, 7) is 2.67. The van der Waals surface area contributed by atoms with Crippen LogP contribution in [0.2, 0.25) is 0 Å². The number of carbonyl (C=O) groups is 2. The number of ketones is 1. The molecule has 1 atom stereocenters. The zero-order chi connectivity index (χ0) is 37.6. The molecule has 1 amide bonds. The second-order valence-electron chi connectivity index (χ2n) is 12.4. The number of aliphatic hydroxyl groups excluding tert-OH is 1. The molecule has 1 aliphatic heterocycles. The lowest BCUT2D eigenvalue weighted by molar-refractivity contribution is -0.132. The van der Waals surface area contributed by atoms with E-state index in [-0.39, 0.29) is 22.3 Å². The lowest BCUT2D eigenvalue weighted by Gasteiger charge is -2.23. The van der Waals surface area contributed by atoms with Crippen molar-refractivity contribution < 1.29 is 33.3 Å². The summed E-state index contributed by atoms with van der Waals surface area (Å²) in [6.07, 6.45) is 0. The number of methoxy groups -OCH3 is 1. The molecule has 1 aliphatic rings. The van der Waals surface area contributed by atoms with E-state index in [1.165, 1.54) is 35.9 Å². The summed E-state index contributed by atoms with van der Waals surface area (Å²) in [4.78, 5) is 29.0. The SMILES string of the molecule is COc1cc(C2/C(=C(\O)c3ccc(OCc4cccc(C)c4)cc3)C(=O)C(=O)N2c2nnc(SCc3ccc(F)cc3)s2)ccc1OCc1ccccc1. The van der Waals surface area contributed by atoms with Crippen molar-refractivity contribution in [2.45, 2.75) is 36.3 Å². The number of amides is 1. The van der Waals surface area contributed by atoms with Crippen molar-refractivity contribution >= 4 is 45.7 Å². The Morgan fingerprint density at radius 3 is 2.30 bits per heavy atom. The Morgan fingerprint density at radius 2 is 1.56 bits per heavy atom. The second-order valence-corrected chi connectivity index (χ2v) is 14.6. The maximum absolute atomic E-state index is 13.9. The summed E-state index contributed by atoms with van der Waals surface area (Å²) in [7, 11) is 1.50. The maximum Gasteiger partial charge on any atom is 0.301 e. The zero-order valence-electron chi connectivity index (χ0n) is 29.3. The van der Waals surface area contributed by atoms with Crippen LogP contribution in [-0.2, 0) is 28.6 Å². The van der Waals surface area contributed by atoms with E-state index in [9.17, 15) is 19.1 Å². The molecule has 1 aromatic heterocycles. The molecule has 1 fully saturated rings. The van der Waals surface area contributed by atoms with Crippen LogP contribution >= 0.6 is 23.1 Å². The average molecular weight is 760 g/mol. The van der Waals surface area contributed by atoms with Gasteiger partial charge in [-0.05, 0) is 77.7 Å². The summed E-state index contributed by atoms with van der Waals surface area (Å²) in [5.74, 6) is -0.539. The van der Waals surface area contributed by atoms with Crippen LogP contribution in [0.5, 0.6) is 17.2 Å². The number of thioether (sulfide) groups is 1. The Hall–Kier alpha value is -5.98. The molecule has 0 spiro atoms. The number of aryl methyl sites for hydroxylation is 1. The highest BCUT2D eigenvalue weighted by atomic mass is 32.2. The molecule has 0 saturated carbocycles. The molecule has 1 unspecified atom stereocenters. The van der Waals surface area contributed by atoms with E-state index in [4.69, 9.17) is 14.2 Å². The summed E-state index contributed by atoms with van der Waals surface area (Å²) in [5.41, 5.74) is 4.67. The summed E-state index contributed by atoms with van der Waals surface area (Å²) in [6, 6.07) is 34.6. The minimum absolute atomic E-state index is 0.121. The lowest BCUT2D eigenvalue weighted by atomic mass is 9.95. The van der Waals surface area contributed by atoms with E-state index in [1.54, 1.807) is 54.6 Å². The van der Waals surface area contributed by atoms with Gasteiger partial charge in [-0.2, -0.15) is 0 Å². The third-order valence-electron chi connectivity index (χ3n) is 8.68. The number of nitrogens with zero attached hydrogens (tertiary/aromatic N) is 3. The normalized spacial score (nSPS) is 15.0. The van der Waals surface area contributed by atoms with Gasteiger partial charge in [-0.3, -0.25) is 14.5 Å². The first-order valence-corrected chi connectivity index (χ1v) is 18.7. The van der Waals surface area contributed by atoms with Gasteiger partial charge < -0.3 is 19.3 Å². The highest BCUT2D eigenvalue weighted by Crippen LogP contribution is 2.46. The maximum atomic E-state index is 13.9. The van der Waals surface area contributed by atoms with Gasteiger partial charge in [0.1, 0.15) is 30.5 Å². The molecule has 0 radical (unpaired) electrons. The fourth-order valence-corrected chi connectivity index (χ4v) is 7.79. The van der Waals surface area contributed by atoms with E-state index >= 15 is 0 Å². The number of Topliss-reactive ketones (excluding diaryl/α,β-unsaturated/α-hetero) is 1. The van der Waals surface area contributed by atoms with Crippen LogP contribution in [0.15, 0.2) is 131 Å². The third kappa shape index (κ3) is 8.14. The number of carbonyl (C=O) groups excluding carboxylic acids is 2. The molecule has 0 aliphatic carbocycles. The van der Waals surface area contributed by atoms with Crippen LogP contribution in [0.25, 0.3) is 5.76 Å². The first kappa shape index (κ1) is 36.4. The van der Waals surface area contributed by atoms with Crippen LogP contribution in [0.4, 0.5) is 9.52 Å². The molecule has 6 aromatic rings. The molecule has 1 saturated heterocycles. The van der Waals surface area contributed by atoms with E-state index < -0.39 is 17.7 Å². The van der Waals surface area contributed by atoms with Gasteiger partial charge >= 0.3 is 5.91 Å². The number of aromatic nitrogens is 2. The van der Waals surface area contributed by atoms with Gasteiger partial charge in [0.25, 0.3) is 5.78 Å². The molecule has 0 bridgehead atoms. The molecular weight excluding hydrogens is 726 g/mol. The van der Waals surface area contributed by atoms with Crippen LogP contribution in [-0.4, -0.2) is 34.1 Å². The molecular formula is C42H34FN3O6S2. The lowest BCUT2D eigenvalue weighted by Crippen LogP contribution is -2.29. The van der Waals surface area contributed by atoms with Crippen molar-refractivity contribution in [3.05, 3.63) is 166 Å². The van der Waals surface area contributed by atoms with Gasteiger partial charge in [-0.15, -0.1) is 10.2 Å². The Morgan fingerprint density at radius 1 is 0.815 bits per heavy atom. The van der Waals surface area contributed by atoms with Crippen LogP contribution in [0, 0.1) is 12.7 Å². The number of ether oxygens (including phenoxy) is 3. The predicted molar refractivity (Wildman–Crippen MR) is 206 cm³/mol. The zero-order valence-corrected chi connectivity index (χ0v) is 30.9. The smallest absolute Gasteiger partial charge is 0.301 e. The number of benzene rings is 5.